The highest BCUT2D eigenvalue weighted by Gasteiger charge is 2.65. The van der Waals surface area contributed by atoms with Gasteiger partial charge in [0.1, 0.15) is 5.78 Å². The average molecular weight is 421 g/mol. The Morgan fingerprint density at radius 3 is 2.60 bits per heavy atom. The van der Waals surface area contributed by atoms with Gasteiger partial charge in [-0.15, -0.1) is 0 Å². The van der Waals surface area contributed by atoms with Gasteiger partial charge in [0.15, 0.2) is 0 Å². The number of carbonyl (C=O) groups is 2. The van der Waals surface area contributed by atoms with Crippen molar-refractivity contribution >= 4 is 11.8 Å². The van der Waals surface area contributed by atoms with E-state index in [1.807, 2.05) is 0 Å². The Hall–Kier alpha value is -0.940. The van der Waals surface area contributed by atoms with Gasteiger partial charge in [-0.1, -0.05) is 20.8 Å². The second kappa shape index (κ2) is 7.88. The normalized spacial score (nSPS) is 49.0. The first kappa shape index (κ1) is 22.3. The number of aliphatic hydroxyl groups excluding tert-OH is 2. The van der Waals surface area contributed by atoms with Crippen molar-refractivity contribution in [3.8, 4) is 0 Å². The highest BCUT2D eigenvalue weighted by atomic mass is 16.5. The lowest BCUT2D eigenvalue weighted by molar-refractivity contribution is -0.182. The second-order valence-electron chi connectivity index (χ2n) is 11.4. The Morgan fingerprint density at radius 1 is 1.17 bits per heavy atom. The number of hydrogen-bond acceptors (Lipinski definition) is 5. The predicted octanol–water partition coefficient (Wildman–Crippen LogP) is 3.75. The zero-order valence-electron chi connectivity index (χ0n) is 19.1. The molecule has 4 fully saturated rings. The maximum atomic E-state index is 13.4. The van der Waals surface area contributed by atoms with E-state index in [2.05, 4.69) is 20.8 Å². The summed E-state index contributed by atoms with van der Waals surface area (Å²) in [5.41, 5.74) is -0.210. The molecule has 0 aromatic heterocycles. The summed E-state index contributed by atoms with van der Waals surface area (Å²) in [5, 5.41) is 21.7. The van der Waals surface area contributed by atoms with Crippen molar-refractivity contribution in [2.24, 2.45) is 46.3 Å². The van der Waals surface area contributed by atoms with Gasteiger partial charge >= 0.3 is 5.97 Å². The summed E-state index contributed by atoms with van der Waals surface area (Å²) in [6, 6.07) is 0. The third-order valence-electron chi connectivity index (χ3n) is 10.3. The number of ether oxygens (including phenoxy) is 1. The van der Waals surface area contributed by atoms with E-state index in [1.165, 1.54) is 7.11 Å². The first-order valence-corrected chi connectivity index (χ1v) is 12.1. The standard InChI is InChI=1S/C25H40O5/c1-14(5-8-22(29)30-4)17-6-7-18-23-19(13-21(28)25(17,18)3)24(2)10-9-16(26)11-15(24)12-20(23)27/h14-19,21,23,26,28H,5-13H2,1-4H3/t14?,15?,16?,17?,18?,19?,21?,23?,24-,25+/m0/s1. The average Bonchev–Trinajstić information content (AvgIpc) is 3.06. The van der Waals surface area contributed by atoms with Crippen LogP contribution in [0.15, 0.2) is 0 Å². The Balaban J connectivity index is 1.59. The van der Waals surface area contributed by atoms with Crippen LogP contribution in [0.2, 0.25) is 0 Å². The molecule has 0 aliphatic heterocycles. The van der Waals surface area contributed by atoms with Crippen LogP contribution in [0, 0.1) is 46.3 Å². The van der Waals surface area contributed by atoms with E-state index in [0.29, 0.717) is 36.9 Å². The predicted molar refractivity (Wildman–Crippen MR) is 113 cm³/mol. The van der Waals surface area contributed by atoms with E-state index in [1.54, 1.807) is 0 Å². The summed E-state index contributed by atoms with van der Waals surface area (Å²) >= 11 is 0. The number of methoxy groups -OCH3 is 1. The molecule has 10 atom stereocenters. The highest BCUT2D eigenvalue weighted by Crippen LogP contribution is 2.67. The van der Waals surface area contributed by atoms with Gasteiger partial charge < -0.3 is 14.9 Å². The zero-order chi connectivity index (χ0) is 21.8. The summed E-state index contributed by atoms with van der Waals surface area (Å²) in [6.07, 6.45) is 6.32. The maximum absolute atomic E-state index is 13.4. The molecule has 4 aliphatic rings. The molecule has 0 radical (unpaired) electrons. The van der Waals surface area contributed by atoms with E-state index in [4.69, 9.17) is 4.74 Å². The molecule has 4 saturated carbocycles. The molecule has 0 heterocycles. The summed E-state index contributed by atoms with van der Waals surface area (Å²) in [4.78, 5) is 25.1. The highest BCUT2D eigenvalue weighted by molar-refractivity contribution is 5.83. The Labute approximate surface area is 180 Å². The van der Waals surface area contributed by atoms with Gasteiger partial charge in [-0.25, -0.2) is 0 Å². The minimum atomic E-state index is -0.410. The molecule has 8 unspecified atom stereocenters. The molecule has 0 bridgehead atoms. The van der Waals surface area contributed by atoms with E-state index < -0.39 is 6.10 Å². The number of esters is 1. The van der Waals surface area contributed by atoms with Gasteiger partial charge in [-0.2, -0.15) is 0 Å². The number of aliphatic hydroxyl groups is 2. The van der Waals surface area contributed by atoms with E-state index in [0.717, 1.165) is 38.5 Å². The lowest BCUT2D eigenvalue weighted by atomic mass is 9.43. The van der Waals surface area contributed by atoms with Gasteiger partial charge in [-0.3, -0.25) is 9.59 Å². The fraction of sp³-hybridized carbons (Fsp3) is 0.920. The van der Waals surface area contributed by atoms with Gasteiger partial charge in [0.25, 0.3) is 0 Å². The number of hydrogen-bond donors (Lipinski definition) is 2. The molecule has 0 spiro atoms. The molecule has 30 heavy (non-hydrogen) atoms. The third kappa shape index (κ3) is 3.26. The van der Waals surface area contributed by atoms with Crippen LogP contribution in [-0.2, 0) is 14.3 Å². The van der Waals surface area contributed by atoms with Crippen LogP contribution in [0.5, 0.6) is 0 Å². The molecule has 5 nitrogen and oxygen atoms in total. The van der Waals surface area contributed by atoms with Crippen molar-refractivity contribution in [3.63, 3.8) is 0 Å². The molecule has 4 aliphatic carbocycles. The molecule has 170 valence electrons. The van der Waals surface area contributed by atoms with Crippen LogP contribution >= 0.6 is 0 Å². The Kier molecular flexibility index (Phi) is 5.85. The van der Waals surface area contributed by atoms with Gasteiger partial charge in [0.2, 0.25) is 0 Å². The summed E-state index contributed by atoms with van der Waals surface area (Å²) < 4.78 is 4.82. The van der Waals surface area contributed by atoms with E-state index in [-0.39, 0.29) is 46.6 Å². The van der Waals surface area contributed by atoms with Crippen molar-refractivity contribution in [3.05, 3.63) is 0 Å². The number of rotatable bonds is 4. The monoisotopic (exact) mass is 420 g/mol. The Morgan fingerprint density at radius 2 is 1.90 bits per heavy atom. The number of carbonyl (C=O) groups excluding carboxylic acids is 2. The van der Waals surface area contributed by atoms with Gasteiger partial charge in [0.05, 0.1) is 19.3 Å². The first-order valence-electron chi connectivity index (χ1n) is 12.1. The van der Waals surface area contributed by atoms with Crippen LogP contribution in [0.4, 0.5) is 0 Å². The number of fused-ring (bicyclic) bond motifs is 5. The van der Waals surface area contributed by atoms with Crippen LogP contribution in [0.3, 0.4) is 0 Å². The molecular formula is C25H40O5. The molecule has 4 rings (SSSR count). The quantitative estimate of drug-likeness (QED) is 0.677. The SMILES string of the molecule is COC(=O)CCC(C)C1CCC2C3C(=O)CC4CC(O)CC[C@]4(C)C3CC(O)[C@]12C. The van der Waals surface area contributed by atoms with E-state index >= 15 is 0 Å². The summed E-state index contributed by atoms with van der Waals surface area (Å²) in [6.45, 7) is 6.74. The minimum absolute atomic E-state index is 0.0488. The van der Waals surface area contributed by atoms with Gasteiger partial charge in [0, 0.05) is 24.2 Å². The topological polar surface area (TPSA) is 83.8 Å². The Bertz CT molecular complexity index is 691. The van der Waals surface area contributed by atoms with Crippen LogP contribution in [0.25, 0.3) is 0 Å². The van der Waals surface area contributed by atoms with Gasteiger partial charge in [-0.05, 0) is 80.0 Å². The lowest BCUT2D eigenvalue weighted by Gasteiger charge is -2.61. The largest absolute Gasteiger partial charge is 0.469 e. The molecule has 0 saturated heterocycles. The van der Waals surface area contributed by atoms with Crippen LogP contribution in [-0.4, -0.2) is 41.3 Å². The number of Topliss-reactive ketones (excluding diaryl/α,β-unsaturated/α-hetero) is 1. The lowest BCUT2D eigenvalue weighted by Crippen LogP contribution is -2.61. The van der Waals surface area contributed by atoms with E-state index in [9.17, 15) is 19.8 Å². The fourth-order valence-corrected chi connectivity index (χ4v) is 8.49. The minimum Gasteiger partial charge on any atom is -0.469 e. The third-order valence-corrected chi connectivity index (χ3v) is 10.3. The molecule has 0 aromatic carbocycles. The van der Waals surface area contributed by atoms with Crippen molar-refractivity contribution < 1.29 is 24.5 Å². The van der Waals surface area contributed by atoms with Crippen molar-refractivity contribution in [2.45, 2.75) is 90.8 Å². The van der Waals surface area contributed by atoms with Crippen molar-refractivity contribution in [1.29, 1.82) is 0 Å². The zero-order valence-corrected chi connectivity index (χ0v) is 19.1. The molecular weight excluding hydrogens is 380 g/mol. The van der Waals surface area contributed by atoms with Crippen molar-refractivity contribution in [1.82, 2.24) is 0 Å². The van der Waals surface area contributed by atoms with Crippen LogP contribution < -0.4 is 0 Å². The first-order chi connectivity index (χ1) is 14.1. The van der Waals surface area contributed by atoms with Crippen molar-refractivity contribution in [2.75, 3.05) is 7.11 Å². The summed E-state index contributed by atoms with van der Waals surface area (Å²) in [5.74, 6) is 1.61. The maximum Gasteiger partial charge on any atom is 0.305 e. The second-order valence-corrected chi connectivity index (χ2v) is 11.4. The number of ketones is 1. The molecule has 5 heteroatoms. The molecule has 0 amide bonds. The molecule has 0 aromatic rings. The fourth-order valence-electron chi connectivity index (χ4n) is 8.49. The molecule has 2 N–H and O–H groups in total. The smallest absolute Gasteiger partial charge is 0.305 e. The summed E-state index contributed by atoms with van der Waals surface area (Å²) in [7, 11) is 1.43. The van der Waals surface area contributed by atoms with Crippen LogP contribution in [0.1, 0.15) is 78.6 Å².